The molecule has 4 aliphatic carbocycles. The third-order valence-electron chi connectivity index (χ3n) is 11.8. The first-order valence-electron chi connectivity index (χ1n) is 15.8. The summed E-state index contributed by atoms with van der Waals surface area (Å²) in [5, 5.41) is 22.2. The summed E-state index contributed by atoms with van der Waals surface area (Å²) >= 11 is 1.47. The van der Waals surface area contributed by atoms with Crippen molar-refractivity contribution in [1.82, 2.24) is 0 Å². The fourth-order valence-corrected chi connectivity index (χ4v) is 10.7. The number of ketones is 2. The standard InChI is InChI=1S/C36H40FNO6S/c1-19-7-8-20(18-45-24-6-4-5-22(38)14-24)32(37)30(19)33-43-29-15-26-25-10-9-21-13-23(40)11-12-34(21,2)31(25)27(41)16-35(26,3)36(29,44-33)28(42)17-39/h4-8,11-14,25-27,29,31,33,39,41H,9-10,15-18,38H2,1-3H3/t25-,26-,27-,29+,31?,33-,34-,35-,36+/m0/s1. The van der Waals surface area contributed by atoms with Crippen molar-refractivity contribution in [1.29, 1.82) is 0 Å². The number of carbonyl (C=O) groups is 2. The zero-order valence-corrected chi connectivity index (χ0v) is 26.6. The number of benzene rings is 2. The molecule has 0 radical (unpaired) electrons. The molecule has 3 saturated carbocycles. The van der Waals surface area contributed by atoms with Crippen molar-refractivity contribution < 1.29 is 33.7 Å². The molecule has 45 heavy (non-hydrogen) atoms. The van der Waals surface area contributed by atoms with E-state index in [1.54, 1.807) is 31.2 Å². The molecule has 9 heteroatoms. The summed E-state index contributed by atoms with van der Waals surface area (Å²) in [6.07, 6.45) is 4.90. The first kappa shape index (κ1) is 30.8. The Morgan fingerprint density at radius 2 is 2.02 bits per heavy atom. The van der Waals surface area contributed by atoms with Crippen LogP contribution < -0.4 is 5.73 Å². The first-order valence-corrected chi connectivity index (χ1v) is 16.8. The Balaban J connectivity index is 1.21. The molecule has 2 aromatic carbocycles. The Kier molecular flexibility index (Phi) is 7.45. The van der Waals surface area contributed by atoms with Crippen LogP contribution in [0.4, 0.5) is 10.1 Å². The maximum atomic E-state index is 16.3. The van der Waals surface area contributed by atoms with Crippen LogP contribution >= 0.6 is 11.8 Å². The van der Waals surface area contributed by atoms with Gasteiger partial charge in [-0.05, 0) is 85.9 Å². The van der Waals surface area contributed by atoms with Gasteiger partial charge in [-0.3, -0.25) is 9.59 Å². The zero-order valence-electron chi connectivity index (χ0n) is 25.8. The molecule has 0 aromatic heterocycles. The highest BCUT2D eigenvalue weighted by Gasteiger charge is 2.76. The lowest BCUT2D eigenvalue weighted by Crippen LogP contribution is -2.63. The smallest absolute Gasteiger partial charge is 0.193 e. The molecule has 7 rings (SSSR count). The topological polar surface area (TPSA) is 119 Å². The van der Waals surface area contributed by atoms with Gasteiger partial charge >= 0.3 is 0 Å². The molecule has 238 valence electrons. The van der Waals surface area contributed by atoms with E-state index in [-0.39, 0.29) is 35.5 Å². The molecule has 0 bridgehead atoms. The van der Waals surface area contributed by atoms with Crippen LogP contribution in [0.15, 0.2) is 65.1 Å². The number of fused-ring (bicyclic) bond motifs is 7. The van der Waals surface area contributed by atoms with Gasteiger partial charge in [-0.2, -0.15) is 0 Å². The Morgan fingerprint density at radius 3 is 2.78 bits per heavy atom. The number of Topliss-reactive ketones (excluding diaryl/α,β-unsaturated/α-hetero) is 1. The molecule has 1 heterocycles. The number of aliphatic hydroxyl groups is 2. The van der Waals surface area contributed by atoms with Gasteiger partial charge in [0.1, 0.15) is 12.4 Å². The molecule has 5 aliphatic rings. The number of ether oxygens (including phenoxy) is 2. The van der Waals surface area contributed by atoms with E-state index in [1.165, 1.54) is 11.8 Å². The number of rotatable bonds is 6. The van der Waals surface area contributed by atoms with Crippen molar-refractivity contribution in [3.8, 4) is 0 Å². The Hall–Kier alpha value is -2.82. The molecular formula is C36H40FNO6S. The maximum absolute atomic E-state index is 16.3. The third-order valence-corrected chi connectivity index (χ3v) is 12.8. The van der Waals surface area contributed by atoms with Crippen molar-refractivity contribution in [2.75, 3.05) is 12.3 Å². The van der Waals surface area contributed by atoms with Crippen molar-refractivity contribution in [2.45, 2.75) is 81.2 Å². The van der Waals surface area contributed by atoms with Gasteiger partial charge in [0.05, 0.1) is 12.2 Å². The predicted octanol–water partition coefficient (Wildman–Crippen LogP) is 5.61. The number of nitrogen functional groups attached to an aromatic ring is 1. The number of aryl methyl sites for hydroxylation is 1. The van der Waals surface area contributed by atoms with E-state index in [9.17, 15) is 19.8 Å². The number of allylic oxidation sites excluding steroid dienone is 4. The highest BCUT2D eigenvalue weighted by molar-refractivity contribution is 7.98. The van der Waals surface area contributed by atoms with Gasteiger partial charge in [-0.15, -0.1) is 11.8 Å². The van der Waals surface area contributed by atoms with Crippen LogP contribution in [-0.4, -0.2) is 46.2 Å². The van der Waals surface area contributed by atoms with Gasteiger partial charge in [0.2, 0.25) is 0 Å². The average Bonchev–Trinajstić information content (AvgIpc) is 3.49. The van der Waals surface area contributed by atoms with Crippen LogP contribution in [-0.2, 0) is 24.8 Å². The van der Waals surface area contributed by atoms with E-state index >= 15 is 4.39 Å². The van der Waals surface area contributed by atoms with Gasteiger partial charge in [-0.1, -0.05) is 43.7 Å². The third kappa shape index (κ3) is 4.45. The SMILES string of the molecule is Cc1ccc(CSc2cccc(N)c2)c(F)c1[C@H]1O[C@@H]2C[C@H]3[C@@H]4CCC5=CC(=O)C=C[C@]5(C)C4[C@@H](O)C[C@]3(C)[C@]2(C(=O)CO)O1. The van der Waals surface area contributed by atoms with Gasteiger partial charge in [-0.25, -0.2) is 4.39 Å². The first-order chi connectivity index (χ1) is 21.4. The van der Waals surface area contributed by atoms with Gasteiger partial charge < -0.3 is 25.4 Å². The predicted molar refractivity (Wildman–Crippen MR) is 168 cm³/mol. The number of halogens is 1. The van der Waals surface area contributed by atoms with Gasteiger partial charge in [0.25, 0.3) is 0 Å². The molecule has 9 atom stereocenters. The number of hydrogen-bond acceptors (Lipinski definition) is 8. The summed E-state index contributed by atoms with van der Waals surface area (Å²) in [7, 11) is 0. The van der Waals surface area contributed by atoms with Crippen LogP contribution in [0.5, 0.6) is 0 Å². The molecule has 7 nitrogen and oxygen atoms in total. The van der Waals surface area contributed by atoms with Crippen molar-refractivity contribution in [2.24, 2.45) is 28.6 Å². The van der Waals surface area contributed by atoms with Crippen LogP contribution in [0, 0.1) is 41.3 Å². The fourth-order valence-electron chi connectivity index (χ4n) is 9.72. The highest BCUT2D eigenvalue weighted by Crippen LogP contribution is 2.70. The van der Waals surface area contributed by atoms with Crippen LogP contribution in [0.25, 0.3) is 0 Å². The Labute approximate surface area is 267 Å². The normalized spacial score (nSPS) is 38.3. The van der Waals surface area contributed by atoms with Gasteiger partial charge in [0.15, 0.2) is 23.5 Å². The quantitative estimate of drug-likeness (QED) is 0.278. The molecule has 1 saturated heterocycles. The molecule has 1 unspecified atom stereocenters. The number of anilines is 1. The molecule has 4 N–H and O–H groups in total. The largest absolute Gasteiger partial charge is 0.399 e. The number of aliphatic hydroxyl groups excluding tert-OH is 2. The van der Waals surface area contributed by atoms with E-state index < -0.39 is 53.1 Å². The lowest BCUT2D eigenvalue weighted by atomic mass is 9.46. The number of carbonyl (C=O) groups excluding carboxylic acids is 2. The monoisotopic (exact) mass is 633 g/mol. The zero-order chi connectivity index (χ0) is 31.9. The summed E-state index contributed by atoms with van der Waals surface area (Å²) in [5.74, 6) is -0.724. The summed E-state index contributed by atoms with van der Waals surface area (Å²) in [4.78, 5) is 27.0. The number of thioether (sulfide) groups is 1. The minimum Gasteiger partial charge on any atom is -0.399 e. The maximum Gasteiger partial charge on any atom is 0.193 e. The minimum absolute atomic E-state index is 0.0262. The number of hydrogen-bond donors (Lipinski definition) is 3. The van der Waals surface area contributed by atoms with Crippen LogP contribution in [0.2, 0.25) is 0 Å². The van der Waals surface area contributed by atoms with Crippen LogP contribution in [0.1, 0.15) is 62.5 Å². The molecule has 0 spiro atoms. The second-order valence-corrected chi connectivity index (χ2v) is 15.0. The van der Waals surface area contributed by atoms with E-state index in [4.69, 9.17) is 15.2 Å². The molecular weight excluding hydrogens is 593 g/mol. The van der Waals surface area contributed by atoms with Crippen LogP contribution in [0.3, 0.4) is 0 Å². The van der Waals surface area contributed by atoms with Gasteiger partial charge in [0, 0.05) is 38.6 Å². The molecule has 2 aromatic rings. The summed E-state index contributed by atoms with van der Waals surface area (Å²) in [5.41, 5.74) is 6.13. The van der Waals surface area contributed by atoms with E-state index in [2.05, 4.69) is 6.92 Å². The van der Waals surface area contributed by atoms with E-state index in [1.807, 2.05) is 37.3 Å². The van der Waals surface area contributed by atoms with E-state index in [0.717, 1.165) is 23.3 Å². The Morgan fingerprint density at radius 1 is 1.22 bits per heavy atom. The molecule has 1 aliphatic heterocycles. The second kappa shape index (κ2) is 10.9. The van der Waals surface area contributed by atoms with E-state index in [0.29, 0.717) is 29.0 Å². The fraction of sp³-hybridized carbons (Fsp3) is 0.500. The molecule has 0 amide bonds. The average molecular weight is 634 g/mol. The summed E-state index contributed by atoms with van der Waals surface area (Å²) in [6, 6.07) is 11.0. The van der Waals surface area contributed by atoms with Crippen molar-refractivity contribution in [3.05, 3.63) is 82.7 Å². The van der Waals surface area contributed by atoms with Crippen molar-refractivity contribution >= 4 is 29.0 Å². The highest BCUT2D eigenvalue weighted by atomic mass is 32.2. The molecule has 4 fully saturated rings. The van der Waals surface area contributed by atoms with Crippen molar-refractivity contribution in [3.63, 3.8) is 0 Å². The lowest BCUT2D eigenvalue weighted by molar-refractivity contribution is -0.201. The minimum atomic E-state index is -1.54. The lowest BCUT2D eigenvalue weighted by Gasteiger charge is -2.59. The Bertz CT molecular complexity index is 1640. The second-order valence-electron chi connectivity index (χ2n) is 14.0. The summed E-state index contributed by atoms with van der Waals surface area (Å²) in [6.45, 7) is 5.13. The summed E-state index contributed by atoms with van der Waals surface area (Å²) < 4.78 is 29.5. The number of nitrogens with two attached hydrogens (primary N) is 1.